The van der Waals surface area contributed by atoms with E-state index in [0.717, 1.165) is 79.6 Å². The van der Waals surface area contributed by atoms with Crippen LogP contribution in [0.3, 0.4) is 0 Å². The first-order valence-corrected chi connectivity index (χ1v) is 20.5. The minimum absolute atomic E-state index is 0. The molecule has 1 unspecified atom stereocenters. The molecule has 3 aromatic carbocycles. The number of benzene rings is 3. The molecule has 4 amide bonds. The van der Waals surface area contributed by atoms with Crippen LogP contribution in [0.2, 0.25) is 0 Å². The Kier molecular flexibility index (Phi) is 13.5. The number of rotatable bonds is 15. The Hall–Kier alpha value is -6.39. The van der Waals surface area contributed by atoms with Crippen LogP contribution in [-0.2, 0) is 29.7 Å². The second kappa shape index (κ2) is 19.3. The van der Waals surface area contributed by atoms with Gasteiger partial charge in [-0.3, -0.25) is 29.4 Å². The second-order valence-electron chi connectivity index (χ2n) is 15.4. The fraction of sp³-hybridized carbons (Fsp3) is 0.364. The van der Waals surface area contributed by atoms with Gasteiger partial charge in [0.05, 0.1) is 19.2 Å². The van der Waals surface area contributed by atoms with Crippen molar-refractivity contribution in [1.82, 2.24) is 45.2 Å². The van der Waals surface area contributed by atoms with Crippen molar-refractivity contribution in [2.75, 3.05) is 49.5 Å². The van der Waals surface area contributed by atoms with E-state index < -0.39 is 6.04 Å². The van der Waals surface area contributed by atoms with Gasteiger partial charge in [-0.15, -0.1) is 22.6 Å². The zero-order chi connectivity index (χ0) is 41.6. The van der Waals surface area contributed by atoms with Gasteiger partial charge in [-0.25, -0.2) is 9.97 Å². The van der Waals surface area contributed by atoms with E-state index >= 15 is 0 Å². The van der Waals surface area contributed by atoms with E-state index in [-0.39, 0.29) is 48.5 Å². The quantitative estimate of drug-likeness (QED) is 0.0992. The lowest BCUT2D eigenvalue weighted by Gasteiger charge is -2.36. The number of amides is 4. The van der Waals surface area contributed by atoms with E-state index in [2.05, 4.69) is 52.0 Å². The molecule has 0 saturated carbocycles. The maximum Gasteiger partial charge on any atom is 0.255 e. The van der Waals surface area contributed by atoms with Crippen LogP contribution in [0.4, 0.5) is 11.4 Å². The lowest BCUT2D eigenvalue weighted by molar-refractivity contribution is -0.136. The van der Waals surface area contributed by atoms with E-state index in [0.29, 0.717) is 48.8 Å². The maximum atomic E-state index is 13.2. The van der Waals surface area contributed by atoms with Crippen molar-refractivity contribution in [2.45, 2.75) is 57.8 Å². The number of carbonyl (C=O) groups is 4. The molecule has 3 aliphatic rings. The summed E-state index contributed by atoms with van der Waals surface area (Å²) in [6, 6.07) is 22.2. The van der Waals surface area contributed by atoms with Gasteiger partial charge in [-0.1, -0.05) is 18.2 Å². The lowest BCUT2D eigenvalue weighted by atomic mass is 10.0. The molecule has 0 aliphatic carbocycles. The fourth-order valence-electron chi connectivity index (χ4n) is 7.94. The number of ether oxygens (including phenoxy) is 1. The summed E-state index contributed by atoms with van der Waals surface area (Å²) >= 11 is 0. The SMILES string of the molecule is C[C@H](NC(=O)c1cccc(NCc2nnc(-c3ccncn3)n2C)c1)c1ccc(OCCCCN2CCN(c3ccc4c(c3)CN(C3CCC(=O)NC3=O)C4=O)CC2)cc1.Cl. The van der Waals surface area contributed by atoms with Crippen molar-refractivity contribution in [3.63, 3.8) is 0 Å². The molecular formula is C44H50ClN11O5. The third-order valence-electron chi connectivity index (χ3n) is 11.5. The number of nitrogens with one attached hydrogen (secondary N) is 3. The van der Waals surface area contributed by atoms with Gasteiger partial charge in [0.25, 0.3) is 11.8 Å². The number of fused-ring (bicyclic) bond motifs is 1. The zero-order valence-electron chi connectivity index (χ0n) is 34.3. The molecule has 5 aromatic rings. The topological polar surface area (TPSA) is 180 Å². The molecule has 2 aromatic heterocycles. The van der Waals surface area contributed by atoms with Crippen molar-refractivity contribution in [2.24, 2.45) is 7.05 Å². The lowest BCUT2D eigenvalue weighted by Crippen LogP contribution is -2.52. The molecular weight excluding hydrogens is 798 g/mol. The summed E-state index contributed by atoms with van der Waals surface area (Å²) in [7, 11) is 1.89. The van der Waals surface area contributed by atoms with Crippen molar-refractivity contribution >= 4 is 47.4 Å². The number of anilines is 2. The Morgan fingerprint density at radius 3 is 2.56 bits per heavy atom. The number of piperidine rings is 1. The number of nitrogens with zero attached hydrogens (tertiary/aromatic N) is 8. The molecule has 2 fully saturated rings. The van der Waals surface area contributed by atoms with Crippen LogP contribution in [0.25, 0.3) is 11.5 Å². The van der Waals surface area contributed by atoms with Crippen LogP contribution in [0, 0.1) is 0 Å². The van der Waals surface area contributed by atoms with E-state index in [1.165, 1.54) is 6.33 Å². The van der Waals surface area contributed by atoms with E-state index in [1.807, 2.05) is 73.1 Å². The Balaban J connectivity index is 0.00000561. The second-order valence-corrected chi connectivity index (χ2v) is 15.4. The average molecular weight is 848 g/mol. The van der Waals surface area contributed by atoms with E-state index in [4.69, 9.17) is 4.74 Å². The van der Waals surface area contributed by atoms with Gasteiger partial charge in [0.2, 0.25) is 11.8 Å². The maximum absolute atomic E-state index is 13.2. The van der Waals surface area contributed by atoms with Crippen LogP contribution >= 0.6 is 12.4 Å². The molecule has 0 bridgehead atoms. The summed E-state index contributed by atoms with van der Waals surface area (Å²) in [4.78, 5) is 65.0. The molecule has 2 saturated heterocycles. The largest absolute Gasteiger partial charge is 0.494 e. The first-order chi connectivity index (χ1) is 29.2. The number of carbonyl (C=O) groups excluding carboxylic acids is 4. The minimum atomic E-state index is -0.605. The number of hydrogen-bond acceptors (Lipinski definition) is 12. The summed E-state index contributed by atoms with van der Waals surface area (Å²) in [5.74, 6) is 1.19. The highest BCUT2D eigenvalue weighted by molar-refractivity contribution is 6.05. The first kappa shape index (κ1) is 42.7. The smallest absolute Gasteiger partial charge is 0.255 e. The first-order valence-electron chi connectivity index (χ1n) is 20.5. The molecule has 318 valence electrons. The number of aromatic nitrogens is 5. The van der Waals surface area contributed by atoms with Gasteiger partial charge in [-0.2, -0.15) is 0 Å². The van der Waals surface area contributed by atoms with Crippen molar-refractivity contribution in [1.29, 1.82) is 0 Å². The minimum Gasteiger partial charge on any atom is -0.494 e. The molecule has 8 rings (SSSR count). The third-order valence-corrected chi connectivity index (χ3v) is 11.5. The van der Waals surface area contributed by atoms with Crippen LogP contribution in [-0.4, -0.2) is 104 Å². The zero-order valence-corrected chi connectivity index (χ0v) is 35.1. The third kappa shape index (κ3) is 9.98. The number of hydrogen-bond donors (Lipinski definition) is 3. The van der Waals surface area contributed by atoms with Crippen molar-refractivity contribution in [3.8, 4) is 17.3 Å². The molecule has 16 nitrogen and oxygen atoms in total. The number of imide groups is 1. The van der Waals surface area contributed by atoms with Crippen molar-refractivity contribution < 1.29 is 23.9 Å². The monoisotopic (exact) mass is 847 g/mol. The standard InChI is InChI=1S/C44H49N11O5.ClH/c1-29(48-42(57)31-6-5-7-33(24-31)46-26-39-50-51-41(52(39)2)37-16-17-45-28-47-37)30-8-11-35(12-9-30)60-23-4-3-18-53-19-21-54(22-20-53)34-10-13-36-32(25-34)27-55(44(36)59)38-14-15-40(56)49-43(38)58;/h5-13,16-17,24-25,28-29,38,46H,3-4,14-15,18-23,26-27H2,1-2H3,(H,48,57)(H,49,56,58);1H/t29-,38?;/m0./s1. The van der Waals surface area contributed by atoms with Gasteiger partial charge >= 0.3 is 0 Å². The highest BCUT2D eigenvalue weighted by atomic mass is 35.5. The number of halogens is 1. The summed E-state index contributed by atoms with van der Waals surface area (Å²) in [5.41, 5.74) is 5.67. The average Bonchev–Trinajstić information content (AvgIpc) is 3.81. The summed E-state index contributed by atoms with van der Waals surface area (Å²) in [6.07, 6.45) is 5.72. The highest BCUT2D eigenvalue weighted by Crippen LogP contribution is 2.31. The molecule has 0 radical (unpaired) electrons. The predicted molar refractivity (Wildman–Crippen MR) is 231 cm³/mol. The van der Waals surface area contributed by atoms with E-state index in [1.54, 1.807) is 23.2 Å². The van der Waals surface area contributed by atoms with Gasteiger partial charge in [0.1, 0.15) is 23.8 Å². The van der Waals surface area contributed by atoms with Gasteiger partial charge in [-0.05, 0) is 98.5 Å². The molecule has 3 aliphatic heterocycles. The summed E-state index contributed by atoms with van der Waals surface area (Å²) in [6.45, 7) is 8.09. The number of piperazine rings is 1. The Morgan fingerprint density at radius 2 is 1.79 bits per heavy atom. The molecule has 3 N–H and O–H groups in total. The fourth-order valence-corrected chi connectivity index (χ4v) is 7.94. The van der Waals surface area contributed by atoms with Gasteiger partial charge in [0, 0.05) is 74.9 Å². The van der Waals surface area contributed by atoms with Gasteiger partial charge < -0.3 is 29.7 Å². The highest BCUT2D eigenvalue weighted by Gasteiger charge is 2.39. The van der Waals surface area contributed by atoms with Crippen molar-refractivity contribution in [3.05, 3.63) is 113 Å². The van der Waals surface area contributed by atoms with Crippen LogP contribution in [0.1, 0.15) is 76.3 Å². The normalized spacial score (nSPS) is 17.0. The van der Waals surface area contributed by atoms with Gasteiger partial charge in [0.15, 0.2) is 11.6 Å². The number of unbranched alkanes of at least 4 members (excludes halogenated alkanes) is 1. The summed E-state index contributed by atoms with van der Waals surface area (Å²) < 4.78 is 7.93. The van der Waals surface area contributed by atoms with Crippen LogP contribution < -0.4 is 25.6 Å². The Labute approximate surface area is 360 Å². The Morgan fingerprint density at radius 1 is 0.967 bits per heavy atom. The van der Waals surface area contributed by atoms with Crippen LogP contribution in [0.15, 0.2) is 85.3 Å². The summed E-state index contributed by atoms with van der Waals surface area (Å²) in [5, 5.41) is 17.4. The predicted octanol–water partition coefficient (Wildman–Crippen LogP) is 4.54. The van der Waals surface area contributed by atoms with Crippen LogP contribution in [0.5, 0.6) is 5.75 Å². The molecule has 61 heavy (non-hydrogen) atoms. The van der Waals surface area contributed by atoms with E-state index in [9.17, 15) is 19.2 Å². The molecule has 17 heteroatoms. The molecule has 2 atom stereocenters. The molecule has 0 spiro atoms. The Bertz CT molecular complexity index is 2350. The molecule has 5 heterocycles.